The fraction of sp³-hybridized carbons (Fsp3) is 0.538. The maximum atomic E-state index is 14.9. The third-order valence-corrected chi connectivity index (χ3v) is 14.0. The number of rotatable bonds is 29. The van der Waals surface area contributed by atoms with Gasteiger partial charge in [0.15, 0.2) is 17.7 Å². The molecule has 0 bridgehead atoms. The predicted molar refractivity (Wildman–Crippen MR) is 281 cm³/mol. The molecule has 402 valence electrons. The van der Waals surface area contributed by atoms with E-state index in [1.54, 1.807) is 7.05 Å². The summed E-state index contributed by atoms with van der Waals surface area (Å²) in [4.78, 5) is 124. The summed E-state index contributed by atoms with van der Waals surface area (Å²) in [5, 5.41) is 9.02. The summed E-state index contributed by atoms with van der Waals surface area (Å²) in [6.45, 7) is 0.390. The van der Waals surface area contributed by atoms with Crippen LogP contribution in [0.15, 0.2) is 70.8 Å². The van der Waals surface area contributed by atoms with Crippen molar-refractivity contribution in [3.63, 3.8) is 0 Å². The van der Waals surface area contributed by atoms with Crippen molar-refractivity contribution in [2.75, 3.05) is 26.7 Å². The predicted octanol–water partition coefficient (Wildman–Crippen LogP) is 0.629. The first-order valence-electron chi connectivity index (χ1n) is 25.7. The van der Waals surface area contributed by atoms with E-state index in [0.29, 0.717) is 12.3 Å². The highest BCUT2D eigenvalue weighted by Gasteiger charge is 2.40. The summed E-state index contributed by atoms with van der Waals surface area (Å²) < 4.78 is 0. The number of nitrogens with two attached hydrogens (primary N) is 6. The van der Waals surface area contributed by atoms with Crippen LogP contribution in [0.1, 0.15) is 107 Å². The van der Waals surface area contributed by atoms with Gasteiger partial charge in [0.1, 0.15) is 24.2 Å². The van der Waals surface area contributed by atoms with Gasteiger partial charge in [-0.05, 0) is 74.5 Å². The van der Waals surface area contributed by atoms with Gasteiger partial charge in [0.25, 0.3) is 0 Å². The van der Waals surface area contributed by atoms with Crippen molar-refractivity contribution in [3.05, 3.63) is 71.9 Å². The number of nitrogens with zero attached hydrogens (tertiary/aromatic N) is 4. The molecule has 22 heteroatoms. The Morgan fingerprint density at radius 1 is 0.716 bits per heavy atom. The largest absolute Gasteiger partial charge is 0.370 e. The molecule has 2 aliphatic rings. The van der Waals surface area contributed by atoms with Gasteiger partial charge in [0.2, 0.25) is 41.4 Å². The van der Waals surface area contributed by atoms with E-state index < -0.39 is 83.8 Å². The van der Waals surface area contributed by atoms with Crippen molar-refractivity contribution in [3.8, 4) is 0 Å². The van der Waals surface area contributed by atoms with Crippen LogP contribution in [-0.2, 0) is 51.2 Å². The molecule has 1 aliphatic carbocycles. The molecule has 16 N–H and O–H groups in total. The van der Waals surface area contributed by atoms with Gasteiger partial charge in [0.05, 0.1) is 12.5 Å². The molecule has 5 rings (SSSR count). The normalized spacial score (nSPS) is 16.7. The Balaban J connectivity index is 1.40. The molecule has 1 aliphatic heterocycles. The Hall–Kier alpha value is -7.52. The van der Waals surface area contributed by atoms with Crippen LogP contribution >= 0.6 is 0 Å². The first kappa shape index (κ1) is 57.4. The molecule has 2 aromatic carbocycles. The molecule has 0 unspecified atom stereocenters. The van der Waals surface area contributed by atoms with Gasteiger partial charge in [-0.3, -0.25) is 48.3 Å². The van der Waals surface area contributed by atoms with Crippen molar-refractivity contribution in [2.45, 2.75) is 139 Å². The van der Waals surface area contributed by atoms with Crippen LogP contribution in [0.5, 0.6) is 0 Å². The second-order valence-electron chi connectivity index (χ2n) is 19.5. The summed E-state index contributed by atoms with van der Waals surface area (Å²) in [5.41, 5.74) is 35.3. The number of nitrogens with one attached hydrogen (secondary N) is 4. The first-order chi connectivity index (χ1) is 35.4. The molecular weight excluding hydrogens is 949 g/mol. The van der Waals surface area contributed by atoms with Crippen LogP contribution in [0.3, 0.4) is 0 Å². The number of aromatic amines is 1. The number of H-pyrrole nitrogens is 1. The molecule has 0 radical (unpaired) electrons. The van der Waals surface area contributed by atoms with E-state index in [2.05, 4.69) is 30.9 Å². The van der Waals surface area contributed by atoms with E-state index >= 15 is 0 Å². The van der Waals surface area contributed by atoms with Crippen LogP contribution in [0.25, 0.3) is 10.9 Å². The Morgan fingerprint density at radius 3 is 2.03 bits per heavy atom. The topological polar surface area (TPSA) is 376 Å². The summed E-state index contributed by atoms with van der Waals surface area (Å²) in [6, 6.07) is 10.9. The number of para-hydroxylation sites is 1. The number of amides is 7. The quantitative estimate of drug-likeness (QED) is 0.0260. The fourth-order valence-corrected chi connectivity index (χ4v) is 9.95. The minimum atomic E-state index is -1.46. The standard InChI is InChI=1S/C52H76N14O8/c1-65(45(69)23-22-32-13-4-2-5-14-32)42(28-35-31-61-37-19-9-8-18-36(35)37)49(73)63-39(27-33-15-6-3-7-16-33)43(67)29-34(17-10-24-59-51(55)56)50(74)66-26-12-21-41(66)48(72)62-38(20-11-25-60-52(57)58)47(71)64-40(46(54)70)30-44(53)68/h3,6-9,15-16,18-19,31-32,34,38-42,61H,2,4-5,10-14,17,20-30H2,1H3,(H2,53,68)(H2,54,70)(H,62,72)(H,63,73)(H,64,71)(H4,55,56,59)(H4,57,58,60)/t34-,38-,39-,40-,41-,42-/m0/s1. The number of hydrogen-bond donors (Lipinski definition) is 10. The lowest BCUT2D eigenvalue weighted by Crippen LogP contribution is -2.57. The van der Waals surface area contributed by atoms with Gasteiger partial charge >= 0.3 is 0 Å². The molecule has 2 fully saturated rings. The summed E-state index contributed by atoms with van der Waals surface area (Å²) in [6.07, 6.45) is 9.03. The molecule has 1 saturated carbocycles. The Kier molecular flexibility index (Phi) is 22.2. The number of guanidine groups is 2. The third-order valence-electron chi connectivity index (χ3n) is 14.0. The van der Waals surface area contributed by atoms with Crippen molar-refractivity contribution < 1.29 is 38.4 Å². The first-order valence-corrected chi connectivity index (χ1v) is 25.7. The van der Waals surface area contributed by atoms with Crippen molar-refractivity contribution in [1.82, 2.24) is 30.7 Å². The number of aromatic nitrogens is 1. The van der Waals surface area contributed by atoms with E-state index in [4.69, 9.17) is 34.4 Å². The highest BCUT2D eigenvalue weighted by atomic mass is 16.2. The zero-order valence-electron chi connectivity index (χ0n) is 42.5. The fourth-order valence-electron chi connectivity index (χ4n) is 9.95. The lowest BCUT2D eigenvalue weighted by Gasteiger charge is -2.31. The van der Waals surface area contributed by atoms with Gasteiger partial charge in [-0.2, -0.15) is 0 Å². The maximum absolute atomic E-state index is 14.9. The third kappa shape index (κ3) is 17.6. The number of likely N-dealkylation sites (N-methyl/N-ethyl adjacent to an activating group) is 1. The van der Waals surface area contributed by atoms with E-state index in [-0.39, 0.29) is 95.2 Å². The number of benzene rings is 2. The smallest absolute Gasteiger partial charge is 0.243 e. The van der Waals surface area contributed by atoms with Crippen LogP contribution in [0, 0.1) is 11.8 Å². The molecule has 6 atom stereocenters. The average Bonchev–Trinajstić information content (AvgIpc) is 4.04. The summed E-state index contributed by atoms with van der Waals surface area (Å²) in [7, 11) is 1.63. The van der Waals surface area contributed by atoms with Crippen LogP contribution in [0.2, 0.25) is 0 Å². The highest BCUT2D eigenvalue weighted by Crippen LogP contribution is 2.29. The van der Waals surface area contributed by atoms with Gasteiger partial charge in [-0.1, -0.05) is 80.6 Å². The Bertz CT molecular complexity index is 2470. The van der Waals surface area contributed by atoms with Crippen LogP contribution in [-0.4, -0.2) is 131 Å². The molecular formula is C52H76N14O8. The molecule has 1 aromatic heterocycles. The molecule has 0 spiro atoms. The minimum Gasteiger partial charge on any atom is -0.370 e. The molecule has 7 amide bonds. The molecule has 22 nitrogen and oxygen atoms in total. The second-order valence-corrected chi connectivity index (χ2v) is 19.5. The van der Waals surface area contributed by atoms with Gasteiger partial charge in [-0.15, -0.1) is 0 Å². The molecule has 3 aromatic rings. The lowest BCUT2D eigenvalue weighted by molar-refractivity contribution is -0.144. The van der Waals surface area contributed by atoms with Gasteiger partial charge < -0.3 is 65.1 Å². The number of fused-ring (bicyclic) bond motifs is 1. The average molecular weight is 1030 g/mol. The SMILES string of the molecule is CN(C(=O)CCC1CCCCC1)[C@@H](Cc1c[nH]c2ccccc12)C(=O)N[C@@H](Cc1ccccc1)C(=O)C[C@H](CCCN=C(N)N)C(=O)N1CCC[C@H]1C(=O)N[C@@H](CCCN=C(N)N)C(=O)N[C@@H](CC(N)=O)C(N)=O. The lowest BCUT2D eigenvalue weighted by atomic mass is 9.86. The number of carbonyl (C=O) groups is 8. The number of hydrogen-bond acceptors (Lipinski definition) is 10. The maximum Gasteiger partial charge on any atom is 0.243 e. The Morgan fingerprint density at radius 2 is 1.36 bits per heavy atom. The van der Waals surface area contributed by atoms with E-state index in [1.807, 2.05) is 60.8 Å². The van der Waals surface area contributed by atoms with Crippen molar-refractivity contribution in [1.29, 1.82) is 0 Å². The number of primary amides is 2. The number of aliphatic imine (C=N–C) groups is 2. The number of likely N-dealkylation sites (tertiary alicyclic amines) is 1. The number of carbonyl (C=O) groups excluding carboxylic acids is 8. The summed E-state index contributed by atoms with van der Waals surface area (Å²) in [5.74, 6) is -5.98. The number of Topliss-reactive ketones (excluding diaryl/α,β-unsaturated/α-hetero) is 1. The second kappa shape index (κ2) is 28.7. The van der Waals surface area contributed by atoms with Crippen LogP contribution < -0.4 is 50.4 Å². The molecule has 1 saturated heterocycles. The zero-order valence-corrected chi connectivity index (χ0v) is 42.5. The monoisotopic (exact) mass is 1020 g/mol. The minimum absolute atomic E-state index is 0.0133. The van der Waals surface area contributed by atoms with E-state index in [1.165, 1.54) is 16.2 Å². The van der Waals surface area contributed by atoms with Crippen molar-refractivity contribution in [2.24, 2.45) is 56.2 Å². The molecule has 74 heavy (non-hydrogen) atoms. The van der Waals surface area contributed by atoms with Gasteiger partial charge in [-0.25, -0.2) is 0 Å². The zero-order chi connectivity index (χ0) is 53.7. The summed E-state index contributed by atoms with van der Waals surface area (Å²) >= 11 is 0. The van der Waals surface area contributed by atoms with Crippen molar-refractivity contribution >= 4 is 70.0 Å². The number of ketones is 1. The van der Waals surface area contributed by atoms with Crippen LogP contribution in [0.4, 0.5) is 0 Å². The van der Waals surface area contributed by atoms with E-state index in [9.17, 15) is 38.4 Å². The van der Waals surface area contributed by atoms with E-state index in [0.717, 1.165) is 54.1 Å². The highest BCUT2D eigenvalue weighted by molar-refractivity contribution is 5.98. The van der Waals surface area contributed by atoms with Gasteiger partial charge in [0, 0.05) is 69.0 Å². The Labute approximate surface area is 432 Å². The molecule has 2 heterocycles.